The lowest BCUT2D eigenvalue weighted by Gasteiger charge is -2.35. The van der Waals surface area contributed by atoms with Crippen LogP contribution in [-0.4, -0.2) is 36.5 Å². The molecule has 13 heteroatoms. The molecule has 0 fully saturated rings. The molecule has 2 aromatic carbocycles. The van der Waals surface area contributed by atoms with Gasteiger partial charge in [0.2, 0.25) is 0 Å². The number of esters is 1. The van der Waals surface area contributed by atoms with Gasteiger partial charge in [-0.2, -0.15) is 26.3 Å². The van der Waals surface area contributed by atoms with Gasteiger partial charge in [-0.15, -0.1) is 0 Å². The second-order valence-electron chi connectivity index (χ2n) is 8.40. The number of rotatable bonds is 6. The number of amides is 3. The molecule has 38 heavy (non-hydrogen) atoms. The van der Waals surface area contributed by atoms with Crippen LogP contribution in [0.25, 0.3) is 0 Å². The van der Waals surface area contributed by atoms with E-state index < -0.39 is 53.0 Å². The van der Waals surface area contributed by atoms with Crippen LogP contribution in [0.4, 0.5) is 36.8 Å². The average molecular weight is 543 g/mol. The van der Waals surface area contributed by atoms with E-state index >= 15 is 0 Å². The van der Waals surface area contributed by atoms with Gasteiger partial charge in [-0.1, -0.05) is 19.1 Å². The molecule has 3 rings (SSSR count). The molecule has 1 heterocycles. The van der Waals surface area contributed by atoms with Crippen molar-refractivity contribution in [3.05, 3.63) is 76.0 Å². The first kappa shape index (κ1) is 28.5. The Hall–Kier alpha value is -4.03. The predicted octanol–water partition coefficient (Wildman–Crippen LogP) is 5.90. The highest BCUT2D eigenvalue weighted by Crippen LogP contribution is 2.37. The van der Waals surface area contributed by atoms with Gasteiger partial charge in [-0.05, 0) is 49.2 Å². The fraction of sp³-hybridized carbons (Fsp3) is 0.320. The Morgan fingerprint density at radius 2 is 1.63 bits per heavy atom. The first-order valence-electron chi connectivity index (χ1n) is 11.2. The summed E-state index contributed by atoms with van der Waals surface area (Å²) in [4.78, 5) is 39.3. The quantitative estimate of drug-likeness (QED) is 0.351. The third-order valence-electron chi connectivity index (χ3n) is 5.78. The van der Waals surface area contributed by atoms with Crippen LogP contribution in [0.1, 0.15) is 53.4 Å². The maximum atomic E-state index is 13.2. The minimum atomic E-state index is -5.12. The number of nitrogens with one attached hydrogen (secondary N) is 2. The Balaban J connectivity index is 1.98. The number of hydrogen-bond donors (Lipinski definition) is 2. The molecule has 2 N–H and O–H groups in total. The van der Waals surface area contributed by atoms with Crippen molar-refractivity contribution in [2.24, 2.45) is 0 Å². The second-order valence-corrected chi connectivity index (χ2v) is 8.40. The van der Waals surface area contributed by atoms with E-state index in [1.165, 1.54) is 36.3 Å². The monoisotopic (exact) mass is 543 g/mol. The average Bonchev–Trinajstić information content (AvgIpc) is 2.84. The third kappa shape index (κ3) is 6.09. The number of ether oxygens (including phenoxy) is 1. The molecule has 0 bridgehead atoms. The van der Waals surface area contributed by atoms with E-state index in [0.29, 0.717) is 36.4 Å². The Morgan fingerprint density at radius 1 is 1.03 bits per heavy atom. The lowest BCUT2D eigenvalue weighted by atomic mass is 9.94. The first-order valence-corrected chi connectivity index (χ1v) is 11.2. The highest BCUT2D eigenvalue weighted by Gasteiger charge is 2.38. The molecule has 1 aliphatic rings. The number of alkyl halides is 6. The standard InChI is InChI=1S/C25H23F6N3O4/c1-4-8-34-13(2)19(22(36)38-3)20(33-23(34)37)14-6-5-7-18(11-14)32-21(35)15-9-16(24(26,27)28)12-17(10-15)25(29,30)31/h5-7,9-12,20H,4,8H2,1-3H3,(H,32,35)(H,33,37). The zero-order chi connectivity index (χ0) is 28.4. The Kier molecular flexibility index (Phi) is 8.08. The number of hydrogen-bond acceptors (Lipinski definition) is 4. The van der Waals surface area contributed by atoms with Crippen LogP contribution in [0, 0.1) is 0 Å². The lowest BCUT2D eigenvalue weighted by molar-refractivity contribution is -0.143. The zero-order valence-corrected chi connectivity index (χ0v) is 20.4. The molecule has 2 aromatic rings. The summed E-state index contributed by atoms with van der Waals surface area (Å²) >= 11 is 0. The predicted molar refractivity (Wildman–Crippen MR) is 124 cm³/mol. The van der Waals surface area contributed by atoms with Gasteiger partial charge in [0.15, 0.2) is 0 Å². The molecule has 3 amide bonds. The molecule has 1 atom stereocenters. The van der Waals surface area contributed by atoms with Crippen molar-refractivity contribution >= 4 is 23.6 Å². The molecule has 0 saturated heterocycles. The van der Waals surface area contributed by atoms with Gasteiger partial charge < -0.3 is 15.4 Å². The number of carbonyl (C=O) groups excluding carboxylic acids is 3. The molecular formula is C25H23F6N3O4. The molecule has 0 aromatic heterocycles. The van der Waals surface area contributed by atoms with E-state index in [-0.39, 0.29) is 17.3 Å². The van der Waals surface area contributed by atoms with Gasteiger partial charge >= 0.3 is 24.4 Å². The molecule has 204 valence electrons. The van der Waals surface area contributed by atoms with E-state index in [9.17, 15) is 40.7 Å². The van der Waals surface area contributed by atoms with E-state index in [0.717, 1.165) is 0 Å². The van der Waals surface area contributed by atoms with E-state index in [2.05, 4.69) is 10.6 Å². The van der Waals surface area contributed by atoms with Crippen LogP contribution >= 0.6 is 0 Å². The Labute approximate surface area is 213 Å². The molecule has 0 spiro atoms. The van der Waals surface area contributed by atoms with Crippen LogP contribution < -0.4 is 10.6 Å². The summed E-state index contributed by atoms with van der Waals surface area (Å²) in [6.45, 7) is 3.75. The van der Waals surface area contributed by atoms with Gasteiger partial charge in [0.05, 0.1) is 29.9 Å². The molecule has 1 unspecified atom stereocenters. The number of anilines is 1. The molecule has 0 aliphatic carbocycles. The first-order chi connectivity index (χ1) is 17.7. The minimum absolute atomic E-state index is 0.00516. The van der Waals surface area contributed by atoms with E-state index in [1.54, 1.807) is 6.92 Å². The number of allylic oxidation sites excluding steroid dienone is 1. The maximum absolute atomic E-state index is 13.2. The van der Waals surface area contributed by atoms with Gasteiger partial charge in [-0.25, -0.2) is 9.59 Å². The SMILES string of the molecule is CCCN1C(=O)NC(c2cccc(NC(=O)c3cc(C(F)(F)F)cc(C(F)(F)F)c3)c2)C(C(=O)OC)=C1C. The Bertz CT molecular complexity index is 1250. The highest BCUT2D eigenvalue weighted by molar-refractivity contribution is 6.04. The normalized spacial score (nSPS) is 16.3. The summed E-state index contributed by atoms with van der Waals surface area (Å²) in [7, 11) is 1.17. The van der Waals surface area contributed by atoms with Gasteiger partial charge in [0.25, 0.3) is 5.91 Å². The van der Waals surface area contributed by atoms with E-state index in [1.807, 2.05) is 6.92 Å². The van der Waals surface area contributed by atoms with Crippen molar-refractivity contribution in [1.82, 2.24) is 10.2 Å². The van der Waals surface area contributed by atoms with Crippen molar-refractivity contribution in [2.75, 3.05) is 19.0 Å². The van der Waals surface area contributed by atoms with Crippen molar-refractivity contribution in [2.45, 2.75) is 38.7 Å². The molecule has 1 aliphatic heterocycles. The van der Waals surface area contributed by atoms with Crippen molar-refractivity contribution < 1.29 is 45.5 Å². The number of halogens is 6. The highest BCUT2D eigenvalue weighted by atomic mass is 19.4. The van der Waals surface area contributed by atoms with Crippen LogP contribution in [-0.2, 0) is 21.9 Å². The maximum Gasteiger partial charge on any atom is 0.416 e. The summed E-state index contributed by atoms with van der Waals surface area (Å²) in [5.74, 6) is -1.94. The van der Waals surface area contributed by atoms with Crippen LogP contribution in [0.3, 0.4) is 0 Å². The summed E-state index contributed by atoms with van der Waals surface area (Å²) in [5, 5.41) is 4.96. The van der Waals surface area contributed by atoms with Crippen LogP contribution in [0.15, 0.2) is 53.7 Å². The molecule has 0 radical (unpaired) electrons. The Morgan fingerprint density at radius 3 is 2.16 bits per heavy atom. The van der Waals surface area contributed by atoms with E-state index in [4.69, 9.17) is 4.74 Å². The summed E-state index contributed by atoms with van der Waals surface area (Å²) in [5.41, 5.74) is -3.32. The molecular weight excluding hydrogens is 520 g/mol. The van der Waals surface area contributed by atoms with Crippen LogP contribution in [0.2, 0.25) is 0 Å². The summed E-state index contributed by atoms with van der Waals surface area (Å²) in [6, 6.07) is 4.73. The summed E-state index contributed by atoms with van der Waals surface area (Å²) in [6.07, 6.45) is -9.62. The zero-order valence-electron chi connectivity index (χ0n) is 20.4. The molecule has 7 nitrogen and oxygen atoms in total. The number of urea groups is 1. The largest absolute Gasteiger partial charge is 0.466 e. The van der Waals surface area contributed by atoms with Gasteiger partial charge in [0, 0.05) is 23.5 Å². The second kappa shape index (κ2) is 10.8. The fourth-order valence-corrected chi connectivity index (χ4v) is 3.98. The lowest BCUT2D eigenvalue weighted by Crippen LogP contribution is -2.48. The fourth-order valence-electron chi connectivity index (χ4n) is 3.98. The van der Waals surface area contributed by atoms with Crippen LogP contribution in [0.5, 0.6) is 0 Å². The van der Waals surface area contributed by atoms with Gasteiger partial charge in [-0.3, -0.25) is 9.69 Å². The van der Waals surface area contributed by atoms with Crippen molar-refractivity contribution in [3.8, 4) is 0 Å². The third-order valence-corrected chi connectivity index (χ3v) is 5.78. The number of nitrogens with zero attached hydrogens (tertiary/aromatic N) is 1. The smallest absolute Gasteiger partial charge is 0.416 e. The van der Waals surface area contributed by atoms with Crippen molar-refractivity contribution in [1.29, 1.82) is 0 Å². The number of benzene rings is 2. The number of methoxy groups -OCH3 is 1. The number of carbonyl (C=O) groups is 3. The molecule has 0 saturated carbocycles. The van der Waals surface area contributed by atoms with Gasteiger partial charge in [0.1, 0.15) is 0 Å². The topological polar surface area (TPSA) is 87.7 Å². The van der Waals surface area contributed by atoms with Crippen molar-refractivity contribution in [3.63, 3.8) is 0 Å². The minimum Gasteiger partial charge on any atom is -0.466 e. The summed E-state index contributed by atoms with van der Waals surface area (Å²) < 4.78 is 83.9.